The summed E-state index contributed by atoms with van der Waals surface area (Å²) in [6.45, 7) is 5.55. The molecule has 0 saturated carbocycles. The van der Waals surface area contributed by atoms with Gasteiger partial charge in [-0.15, -0.1) is 0 Å². The molecule has 1 heterocycles. The van der Waals surface area contributed by atoms with E-state index in [0.717, 1.165) is 11.3 Å². The number of carbonyl (C=O) groups is 2. The SMILES string of the molecule is CC(C)c1ccccc1NC(=O)CCN1CCOC1=O. The molecule has 0 atom stereocenters. The Balaban J connectivity index is 1.90. The first kappa shape index (κ1) is 14.4. The summed E-state index contributed by atoms with van der Waals surface area (Å²) in [4.78, 5) is 24.8. The van der Waals surface area contributed by atoms with Crippen molar-refractivity contribution in [2.45, 2.75) is 26.2 Å². The molecular weight excluding hydrogens is 256 g/mol. The van der Waals surface area contributed by atoms with Crippen LogP contribution in [0.2, 0.25) is 0 Å². The zero-order valence-corrected chi connectivity index (χ0v) is 11.9. The molecular formula is C15H20N2O3. The van der Waals surface area contributed by atoms with Crippen LogP contribution in [-0.2, 0) is 9.53 Å². The van der Waals surface area contributed by atoms with E-state index in [1.165, 1.54) is 0 Å². The highest BCUT2D eigenvalue weighted by Crippen LogP contribution is 2.23. The van der Waals surface area contributed by atoms with E-state index in [1.807, 2.05) is 24.3 Å². The Labute approximate surface area is 118 Å². The minimum Gasteiger partial charge on any atom is -0.448 e. The molecule has 0 aromatic heterocycles. The Morgan fingerprint density at radius 1 is 1.40 bits per heavy atom. The van der Waals surface area contributed by atoms with Gasteiger partial charge in [0.15, 0.2) is 0 Å². The van der Waals surface area contributed by atoms with Gasteiger partial charge in [0, 0.05) is 18.7 Å². The van der Waals surface area contributed by atoms with Crippen LogP contribution >= 0.6 is 0 Å². The van der Waals surface area contributed by atoms with Gasteiger partial charge in [0.05, 0.1) is 6.54 Å². The number of rotatable bonds is 5. The molecule has 0 unspecified atom stereocenters. The number of hydrogen-bond acceptors (Lipinski definition) is 3. The van der Waals surface area contributed by atoms with Gasteiger partial charge in [-0.05, 0) is 17.5 Å². The van der Waals surface area contributed by atoms with E-state index in [2.05, 4.69) is 19.2 Å². The van der Waals surface area contributed by atoms with Gasteiger partial charge in [-0.2, -0.15) is 0 Å². The number of ether oxygens (including phenoxy) is 1. The lowest BCUT2D eigenvalue weighted by Crippen LogP contribution is -2.28. The number of benzene rings is 1. The van der Waals surface area contributed by atoms with Gasteiger partial charge >= 0.3 is 6.09 Å². The zero-order valence-electron chi connectivity index (χ0n) is 11.9. The predicted molar refractivity (Wildman–Crippen MR) is 76.7 cm³/mol. The molecule has 20 heavy (non-hydrogen) atoms. The van der Waals surface area contributed by atoms with Crippen LogP contribution in [0.15, 0.2) is 24.3 Å². The highest BCUT2D eigenvalue weighted by molar-refractivity contribution is 5.92. The summed E-state index contributed by atoms with van der Waals surface area (Å²) in [7, 11) is 0. The molecule has 1 aliphatic rings. The van der Waals surface area contributed by atoms with Crippen LogP contribution < -0.4 is 5.32 Å². The number of anilines is 1. The smallest absolute Gasteiger partial charge is 0.409 e. The molecule has 2 amide bonds. The fourth-order valence-electron chi connectivity index (χ4n) is 2.19. The lowest BCUT2D eigenvalue weighted by molar-refractivity contribution is -0.116. The van der Waals surface area contributed by atoms with Crippen LogP contribution in [0.1, 0.15) is 31.7 Å². The summed E-state index contributed by atoms with van der Waals surface area (Å²) in [6, 6.07) is 7.78. The molecule has 0 bridgehead atoms. The van der Waals surface area contributed by atoms with Gasteiger partial charge in [0.25, 0.3) is 0 Å². The van der Waals surface area contributed by atoms with Gasteiger partial charge < -0.3 is 15.0 Å². The van der Waals surface area contributed by atoms with Crippen molar-refractivity contribution in [2.75, 3.05) is 25.0 Å². The molecule has 0 radical (unpaired) electrons. The first-order valence-electron chi connectivity index (χ1n) is 6.88. The van der Waals surface area contributed by atoms with Crippen molar-refractivity contribution in [3.63, 3.8) is 0 Å². The summed E-state index contributed by atoms with van der Waals surface area (Å²) in [5.74, 6) is 0.262. The Bertz CT molecular complexity index is 500. The lowest BCUT2D eigenvalue weighted by atomic mass is 10.0. The van der Waals surface area contributed by atoms with E-state index in [-0.39, 0.29) is 18.4 Å². The van der Waals surface area contributed by atoms with Crippen molar-refractivity contribution in [3.8, 4) is 0 Å². The lowest BCUT2D eigenvalue weighted by Gasteiger charge is -2.15. The summed E-state index contributed by atoms with van der Waals surface area (Å²) in [5.41, 5.74) is 1.96. The average molecular weight is 276 g/mol. The van der Waals surface area contributed by atoms with Crippen molar-refractivity contribution in [3.05, 3.63) is 29.8 Å². The number of nitrogens with one attached hydrogen (secondary N) is 1. The minimum atomic E-state index is -0.333. The third-order valence-corrected chi connectivity index (χ3v) is 3.31. The van der Waals surface area contributed by atoms with E-state index < -0.39 is 0 Å². The molecule has 108 valence electrons. The molecule has 1 aromatic carbocycles. The van der Waals surface area contributed by atoms with Gasteiger partial charge in [-0.25, -0.2) is 4.79 Å². The van der Waals surface area contributed by atoms with Crippen LogP contribution in [0.3, 0.4) is 0 Å². The first-order chi connectivity index (χ1) is 9.58. The largest absolute Gasteiger partial charge is 0.448 e. The maximum atomic E-state index is 12.0. The average Bonchev–Trinajstić information content (AvgIpc) is 2.82. The topological polar surface area (TPSA) is 58.6 Å². The first-order valence-corrected chi connectivity index (χ1v) is 6.88. The summed E-state index contributed by atoms with van der Waals surface area (Å²) < 4.78 is 4.82. The number of hydrogen-bond donors (Lipinski definition) is 1. The Morgan fingerprint density at radius 3 is 2.80 bits per heavy atom. The third-order valence-electron chi connectivity index (χ3n) is 3.31. The maximum absolute atomic E-state index is 12.0. The number of amides is 2. The number of cyclic esters (lactones) is 1. The summed E-state index contributed by atoms with van der Waals surface area (Å²) in [5, 5.41) is 2.91. The van der Waals surface area contributed by atoms with Gasteiger partial charge in [0.2, 0.25) is 5.91 Å². The molecule has 5 nitrogen and oxygen atoms in total. The maximum Gasteiger partial charge on any atom is 0.409 e. The molecule has 1 saturated heterocycles. The second-order valence-electron chi connectivity index (χ2n) is 5.14. The summed E-state index contributed by atoms with van der Waals surface area (Å²) >= 11 is 0. The molecule has 1 N–H and O–H groups in total. The standard InChI is InChI=1S/C15H20N2O3/c1-11(2)12-5-3-4-6-13(12)16-14(18)7-8-17-9-10-20-15(17)19/h3-6,11H,7-10H2,1-2H3,(H,16,18). The summed E-state index contributed by atoms with van der Waals surface area (Å²) in [6.07, 6.45) is -0.0537. The third kappa shape index (κ3) is 3.50. The number of nitrogens with zero attached hydrogens (tertiary/aromatic N) is 1. The molecule has 0 aliphatic carbocycles. The van der Waals surface area contributed by atoms with Crippen LogP contribution in [0, 0.1) is 0 Å². The van der Waals surface area contributed by atoms with E-state index >= 15 is 0 Å². The van der Waals surface area contributed by atoms with E-state index in [4.69, 9.17) is 4.74 Å². The minimum absolute atomic E-state index is 0.0854. The highest BCUT2D eigenvalue weighted by atomic mass is 16.6. The highest BCUT2D eigenvalue weighted by Gasteiger charge is 2.22. The van der Waals surface area contributed by atoms with Crippen molar-refractivity contribution < 1.29 is 14.3 Å². The zero-order chi connectivity index (χ0) is 14.5. The van der Waals surface area contributed by atoms with Gasteiger partial charge in [-0.3, -0.25) is 4.79 Å². The van der Waals surface area contributed by atoms with E-state index in [0.29, 0.717) is 25.6 Å². The van der Waals surface area contributed by atoms with Crippen LogP contribution in [0.5, 0.6) is 0 Å². The van der Waals surface area contributed by atoms with E-state index in [1.54, 1.807) is 4.90 Å². The quantitative estimate of drug-likeness (QED) is 0.899. The monoisotopic (exact) mass is 276 g/mol. The normalized spacial score (nSPS) is 14.6. The van der Waals surface area contributed by atoms with Gasteiger partial charge in [0.1, 0.15) is 6.61 Å². The molecule has 2 rings (SSSR count). The van der Waals surface area contributed by atoms with E-state index in [9.17, 15) is 9.59 Å². The Kier molecular flexibility index (Phi) is 4.61. The van der Waals surface area contributed by atoms with Crippen LogP contribution in [-0.4, -0.2) is 36.6 Å². The molecule has 1 aliphatic heterocycles. The Hall–Kier alpha value is -2.04. The Morgan fingerprint density at radius 2 is 2.15 bits per heavy atom. The van der Waals surface area contributed by atoms with Crippen molar-refractivity contribution in [1.29, 1.82) is 0 Å². The molecule has 1 aromatic rings. The number of carbonyl (C=O) groups excluding carboxylic acids is 2. The molecule has 0 spiro atoms. The fraction of sp³-hybridized carbons (Fsp3) is 0.467. The van der Waals surface area contributed by atoms with Crippen molar-refractivity contribution >= 4 is 17.7 Å². The van der Waals surface area contributed by atoms with Crippen molar-refractivity contribution in [2.24, 2.45) is 0 Å². The predicted octanol–water partition coefficient (Wildman–Crippen LogP) is 2.59. The second kappa shape index (κ2) is 6.41. The van der Waals surface area contributed by atoms with Gasteiger partial charge in [-0.1, -0.05) is 32.0 Å². The van der Waals surface area contributed by atoms with Crippen LogP contribution in [0.4, 0.5) is 10.5 Å². The molecule has 5 heteroatoms. The number of para-hydroxylation sites is 1. The molecule has 1 fully saturated rings. The second-order valence-corrected chi connectivity index (χ2v) is 5.14. The van der Waals surface area contributed by atoms with Crippen LogP contribution in [0.25, 0.3) is 0 Å². The van der Waals surface area contributed by atoms with Crippen molar-refractivity contribution in [1.82, 2.24) is 4.90 Å². The fourth-order valence-corrected chi connectivity index (χ4v) is 2.19.